The van der Waals surface area contributed by atoms with E-state index < -0.39 is 0 Å². The number of nitrogens with two attached hydrogens (primary N) is 1. The van der Waals surface area contributed by atoms with Gasteiger partial charge in [0.1, 0.15) is 10.8 Å². The zero-order valence-corrected chi connectivity index (χ0v) is 13.3. The summed E-state index contributed by atoms with van der Waals surface area (Å²) in [6.07, 6.45) is 3.82. The molecular formula is C14H17ClN4OS. The fourth-order valence-corrected chi connectivity index (χ4v) is 2.93. The zero-order chi connectivity index (χ0) is 13.9. The van der Waals surface area contributed by atoms with Crippen molar-refractivity contribution in [3.63, 3.8) is 0 Å². The normalized spacial score (nSPS) is 10.6. The predicted molar refractivity (Wildman–Crippen MR) is 87.5 cm³/mol. The molecule has 5 nitrogen and oxygen atoms in total. The Morgan fingerprint density at radius 1 is 1.38 bits per heavy atom. The molecule has 0 aliphatic heterocycles. The number of aromatic nitrogens is 3. The van der Waals surface area contributed by atoms with Crippen LogP contribution in [0.5, 0.6) is 5.75 Å². The van der Waals surface area contributed by atoms with Gasteiger partial charge in [-0.25, -0.2) is 9.50 Å². The van der Waals surface area contributed by atoms with Crippen molar-refractivity contribution in [2.24, 2.45) is 5.73 Å². The van der Waals surface area contributed by atoms with Crippen molar-refractivity contribution in [2.75, 3.05) is 13.7 Å². The lowest BCUT2D eigenvalue weighted by Gasteiger charge is -2.01. The van der Waals surface area contributed by atoms with Gasteiger partial charge in [-0.15, -0.1) is 12.4 Å². The highest BCUT2D eigenvalue weighted by Gasteiger charge is 2.10. The van der Waals surface area contributed by atoms with Crippen LogP contribution in [0.1, 0.15) is 11.4 Å². The number of nitrogens with zero attached hydrogens (tertiary/aromatic N) is 3. The van der Waals surface area contributed by atoms with Gasteiger partial charge >= 0.3 is 0 Å². The minimum atomic E-state index is 0. The lowest BCUT2D eigenvalue weighted by atomic mass is 10.1. The van der Waals surface area contributed by atoms with E-state index in [9.17, 15) is 0 Å². The molecule has 2 N–H and O–H groups in total. The van der Waals surface area contributed by atoms with E-state index in [4.69, 9.17) is 10.5 Å². The summed E-state index contributed by atoms with van der Waals surface area (Å²) >= 11 is 1.62. The van der Waals surface area contributed by atoms with Gasteiger partial charge in [0.15, 0.2) is 0 Å². The quantitative estimate of drug-likeness (QED) is 0.783. The summed E-state index contributed by atoms with van der Waals surface area (Å²) in [6, 6.07) is 7.87. The van der Waals surface area contributed by atoms with Crippen LogP contribution in [0.25, 0.3) is 16.2 Å². The summed E-state index contributed by atoms with van der Waals surface area (Å²) in [4.78, 5) is 5.53. The molecule has 0 fully saturated rings. The fourth-order valence-electron chi connectivity index (χ4n) is 2.02. The van der Waals surface area contributed by atoms with Crippen LogP contribution in [-0.4, -0.2) is 28.3 Å². The molecule has 0 saturated heterocycles. The first-order chi connectivity index (χ1) is 9.80. The lowest BCUT2D eigenvalue weighted by molar-refractivity contribution is 0.415. The van der Waals surface area contributed by atoms with Crippen molar-refractivity contribution >= 4 is 28.7 Å². The number of benzene rings is 1. The molecule has 2 heterocycles. The van der Waals surface area contributed by atoms with Gasteiger partial charge in [0.25, 0.3) is 0 Å². The van der Waals surface area contributed by atoms with E-state index in [0.29, 0.717) is 6.54 Å². The largest absolute Gasteiger partial charge is 0.497 e. The molecule has 3 aromatic rings. The van der Waals surface area contributed by atoms with Crippen LogP contribution in [0.15, 0.2) is 30.5 Å². The Labute approximate surface area is 133 Å². The number of methoxy groups -OCH3 is 1. The third-order valence-corrected chi connectivity index (χ3v) is 4.03. The lowest BCUT2D eigenvalue weighted by Crippen LogP contribution is -2.00. The Bertz CT molecular complexity index is 693. The first-order valence-corrected chi connectivity index (χ1v) is 7.31. The Kier molecular flexibility index (Phi) is 5.17. The summed E-state index contributed by atoms with van der Waals surface area (Å²) < 4.78 is 7.07. The molecule has 0 amide bonds. The van der Waals surface area contributed by atoms with Crippen LogP contribution in [0.2, 0.25) is 0 Å². The highest BCUT2D eigenvalue weighted by atomic mass is 35.5. The first kappa shape index (κ1) is 15.8. The molecule has 2 aromatic heterocycles. The highest BCUT2D eigenvalue weighted by molar-refractivity contribution is 7.16. The number of halogens is 1. The second kappa shape index (κ2) is 6.89. The van der Waals surface area contributed by atoms with Gasteiger partial charge in [-0.1, -0.05) is 23.5 Å². The van der Waals surface area contributed by atoms with E-state index in [1.807, 2.05) is 35.0 Å². The maximum absolute atomic E-state index is 5.52. The second-order valence-corrected chi connectivity index (χ2v) is 5.51. The van der Waals surface area contributed by atoms with Gasteiger partial charge in [-0.2, -0.15) is 5.10 Å². The van der Waals surface area contributed by atoms with Crippen molar-refractivity contribution in [1.29, 1.82) is 0 Å². The molecular weight excluding hydrogens is 308 g/mol. The van der Waals surface area contributed by atoms with Crippen molar-refractivity contribution in [2.45, 2.75) is 12.8 Å². The standard InChI is InChI=1S/C14H16N4OS.ClH/c1-19-11-5-2-4-10(8-11)12-9-18-14(16-12)20-13(17-18)6-3-7-15;/h2,4-5,8-9H,3,6-7,15H2,1H3;1H. The molecule has 3 rings (SSSR count). The van der Waals surface area contributed by atoms with Gasteiger partial charge in [0, 0.05) is 12.0 Å². The predicted octanol–water partition coefficient (Wildman–Crippen LogP) is 2.78. The van der Waals surface area contributed by atoms with E-state index in [2.05, 4.69) is 10.1 Å². The van der Waals surface area contributed by atoms with Crippen LogP contribution in [0.4, 0.5) is 0 Å². The molecule has 0 aliphatic carbocycles. The van der Waals surface area contributed by atoms with Gasteiger partial charge in [0.2, 0.25) is 4.96 Å². The summed E-state index contributed by atoms with van der Waals surface area (Å²) in [5, 5.41) is 5.60. The van der Waals surface area contributed by atoms with Crippen LogP contribution in [0, 0.1) is 0 Å². The fraction of sp³-hybridized carbons (Fsp3) is 0.286. The van der Waals surface area contributed by atoms with E-state index >= 15 is 0 Å². The Hall–Kier alpha value is -1.63. The Morgan fingerprint density at radius 3 is 2.95 bits per heavy atom. The molecule has 7 heteroatoms. The average molecular weight is 325 g/mol. The maximum Gasteiger partial charge on any atom is 0.212 e. The monoisotopic (exact) mass is 324 g/mol. The van der Waals surface area contributed by atoms with Crippen LogP contribution < -0.4 is 10.5 Å². The van der Waals surface area contributed by atoms with Crippen molar-refractivity contribution in [3.8, 4) is 17.0 Å². The van der Waals surface area contributed by atoms with Gasteiger partial charge in [0.05, 0.1) is 19.0 Å². The van der Waals surface area contributed by atoms with E-state index in [-0.39, 0.29) is 12.4 Å². The molecule has 0 bridgehead atoms. The SMILES string of the molecule is COc1cccc(-c2cn3nc(CCCN)sc3n2)c1.Cl. The molecule has 0 atom stereocenters. The Morgan fingerprint density at radius 2 is 2.24 bits per heavy atom. The van der Waals surface area contributed by atoms with Crippen molar-refractivity contribution < 1.29 is 4.74 Å². The van der Waals surface area contributed by atoms with Gasteiger partial charge in [-0.3, -0.25) is 0 Å². The number of imidazole rings is 1. The maximum atomic E-state index is 5.52. The summed E-state index contributed by atoms with van der Waals surface area (Å²) in [5.74, 6) is 0.829. The molecule has 0 radical (unpaired) electrons. The van der Waals surface area contributed by atoms with E-state index in [1.54, 1.807) is 18.4 Å². The molecule has 0 aliphatic rings. The average Bonchev–Trinajstić information content (AvgIpc) is 3.03. The van der Waals surface area contributed by atoms with E-state index in [1.165, 1.54) is 0 Å². The van der Waals surface area contributed by atoms with E-state index in [0.717, 1.165) is 39.8 Å². The summed E-state index contributed by atoms with van der Waals surface area (Å²) in [7, 11) is 1.66. The Balaban J connectivity index is 0.00000161. The first-order valence-electron chi connectivity index (χ1n) is 6.50. The summed E-state index contributed by atoms with van der Waals surface area (Å²) in [6.45, 7) is 0.691. The second-order valence-electron chi connectivity index (χ2n) is 4.47. The number of rotatable bonds is 5. The molecule has 0 saturated carbocycles. The minimum absolute atomic E-state index is 0. The topological polar surface area (TPSA) is 65.4 Å². The highest BCUT2D eigenvalue weighted by Crippen LogP contribution is 2.25. The number of ether oxygens (including phenoxy) is 1. The third kappa shape index (κ3) is 3.34. The van der Waals surface area contributed by atoms with Crippen LogP contribution in [0.3, 0.4) is 0 Å². The van der Waals surface area contributed by atoms with Gasteiger partial charge < -0.3 is 10.5 Å². The minimum Gasteiger partial charge on any atom is -0.497 e. The number of hydrogen-bond acceptors (Lipinski definition) is 5. The summed E-state index contributed by atoms with van der Waals surface area (Å²) in [5.41, 5.74) is 7.46. The molecule has 112 valence electrons. The number of fused-ring (bicyclic) bond motifs is 1. The molecule has 1 aromatic carbocycles. The van der Waals surface area contributed by atoms with Crippen molar-refractivity contribution in [3.05, 3.63) is 35.5 Å². The van der Waals surface area contributed by atoms with Crippen LogP contribution >= 0.6 is 23.7 Å². The third-order valence-electron chi connectivity index (χ3n) is 3.05. The number of aryl methyl sites for hydroxylation is 1. The van der Waals surface area contributed by atoms with Crippen LogP contribution in [-0.2, 0) is 6.42 Å². The van der Waals surface area contributed by atoms with Gasteiger partial charge in [-0.05, 0) is 25.1 Å². The molecule has 0 spiro atoms. The molecule has 0 unspecified atom stereocenters. The molecule has 21 heavy (non-hydrogen) atoms. The van der Waals surface area contributed by atoms with Crippen molar-refractivity contribution in [1.82, 2.24) is 14.6 Å². The smallest absolute Gasteiger partial charge is 0.212 e. The number of hydrogen-bond donors (Lipinski definition) is 1. The zero-order valence-electron chi connectivity index (χ0n) is 11.7.